The third-order valence-electron chi connectivity index (χ3n) is 2.25. The molecule has 1 N–H and O–H groups in total. The minimum atomic E-state index is 0.667. The Morgan fingerprint density at radius 3 is 2.57 bits per heavy atom. The molecule has 0 aliphatic carbocycles. The van der Waals surface area contributed by atoms with Gasteiger partial charge in [0.25, 0.3) is 0 Å². The first-order valence-electron chi connectivity index (χ1n) is 5.74. The Balaban J connectivity index is 0.000000791. The molecular formula is C12H24N2. The van der Waals surface area contributed by atoms with Crippen molar-refractivity contribution in [1.29, 1.82) is 0 Å². The van der Waals surface area contributed by atoms with Gasteiger partial charge in [-0.1, -0.05) is 19.9 Å². The predicted molar refractivity (Wildman–Crippen MR) is 64.9 cm³/mol. The average molecular weight is 196 g/mol. The zero-order valence-corrected chi connectivity index (χ0v) is 10.0. The molecule has 0 radical (unpaired) electrons. The lowest BCUT2D eigenvalue weighted by molar-refractivity contribution is 0.597. The van der Waals surface area contributed by atoms with Crippen LogP contribution in [0.25, 0.3) is 0 Å². The van der Waals surface area contributed by atoms with E-state index in [2.05, 4.69) is 23.3 Å². The Morgan fingerprint density at radius 1 is 1.43 bits per heavy atom. The van der Waals surface area contributed by atoms with Crippen LogP contribution in [-0.4, -0.2) is 18.8 Å². The van der Waals surface area contributed by atoms with Gasteiger partial charge >= 0.3 is 0 Å². The van der Waals surface area contributed by atoms with Crippen LogP contribution in [0.4, 0.5) is 0 Å². The molecule has 1 rings (SSSR count). The van der Waals surface area contributed by atoms with E-state index in [4.69, 9.17) is 0 Å². The van der Waals surface area contributed by atoms with E-state index in [0.717, 1.165) is 6.42 Å². The highest BCUT2D eigenvalue weighted by molar-refractivity contribution is 5.55. The molecule has 1 unspecified atom stereocenters. The molecule has 0 spiro atoms. The van der Waals surface area contributed by atoms with Crippen molar-refractivity contribution in [2.75, 3.05) is 6.54 Å². The number of hydrogen-bond donors (Lipinski definition) is 1. The highest BCUT2D eigenvalue weighted by Crippen LogP contribution is 2.14. The molecule has 1 aliphatic heterocycles. The van der Waals surface area contributed by atoms with Gasteiger partial charge in [0.15, 0.2) is 0 Å². The van der Waals surface area contributed by atoms with Crippen LogP contribution < -0.4 is 5.32 Å². The summed E-state index contributed by atoms with van der Waals surface area (Å²) >= 11 is 0. The molecule has 0 amide bonds. The van der Waals surface area contributed by atoms with Gasteiger partial charge in [-0.2, -0.15) is 0 Å². The Kier molecular flexibility index (Phi) is 8.54. The normalized spacial score (nSPS) is 22.3. The molecule has 1 atom stereocenters. The van der Waals surface area contributed by atoms with Crippen molar-refractivity contribution < 1.29 is 0 Å². The smallest absolute Gasteiger partial charge is 0.0372 e. The number of hydrogen-bond acceptors (Lipinski definition) is 2. The van der Waals surface area contributed by atoms with Crippen molar-refractivity contribution >= 4 is 6.21 Å². The number of nitrogens with zero attached hydrogens (tertiary/aromatic N) is 1. The van der Waals surface area contributed by atoms with Gasteiger partial charge in [0.2, 0.25) is 0 Å². The summed E-state index contributed by atoms with van der Waals surface area (Å²) in [5.74, 6) is 0. The van der Waals surface area contributed by atoms with Crippen LogP contribution in [0.15, 0.2) is 16.8 Å². The standard InChI is InChI=1S/C10H18N2.C2H6/c1-3-9(11-4-2)8-10-6-5-7-12-10;1-2/h3-4,10,12H,5-8H2,1-2H3;1-2H3/b9-3-,11-4?;. The van der Waals surface area contributed by atoms with Gasteiger partial charge < -0.3 is 5.32 Å². The number of aliphatic imine (C=N–C) groups is 1. The summed E-state index contributed by atoms with van der Waals surface area (Å²) in [6, 6.07) is 0.667. The molecule has 1 aliphatic rings. The molecule has 1 heterocycles. The van der Waals surface area contributed by atoms with E-state index in [1.54, 1.807) is 0 Å². The molecule has 0 bridgehead atoms. The second kappa shape index (κ2) is 8.95. The quantitative estimate of drug-likeness (QED) is 0.689. The maximum absolute atomic E-state index is 4.30. The van der Waals surface area contributed by atoms with E-state index in [1.165, 1.54) is 25.1 Å². The summed E-state index contributed by atoms with van der Waals surface area (Å²) in [4.78, 5) is 4.30. The van der Waals surface area contributed by atoms with Gasteiger partial charge in [0.05, 0.1) is 0 Å². The highest BCUT2D eigenvalue weighted by Gasteiger charge is 2.14. The van der Waals surface area contributed by atoms with E-state index >= 15 is 0 Å². The average Bonchev–Trinajstić information content (AvgIpc) is 2.73. The molecule has 1 saturated heterocycles. The fourth-order valence-corrected chi connectivity index (χ4v) is 1.59. The Labute approximate surface area is 88.5 Å². The summed E-state index contributed by atoms with van der Waals surface area (Å²) in [5.41, 5.74) is 1.21. The molecule has 2 nitrogen and oxygen atoms in total. The van der Waals surface area contributed by atoms with Gasteiger partial charge in [-0.3, -0.25) is 4.99 Å². The lowest BCUT2D eigenvalue weighted by Gasteiger charge is -2.09. The van der Waals surface area contributed by atoms with Crippen LogP contribution in [0.5, 0.6) is 0 Å². The van der Waals surface area contributed by atoms with E-state index in [9.17, 15) is 0 Å². The van der Waals surface area contributed by atoms with Crippen molar-refractivity contribution in [2.24, 2.45) is 4.99 Å². The van der Waals surface area contributed by atoms with Gasteiger partial charge in [0.1, 0.15) is 0 Å². The minimum absolute atomic E-state index is 0.667. The fourth-order valence-electron chi connectivity index (χ4n) is 1.59. The van der Waals surface area contributed by atoms with Crippen LogP contribution >= 0.6 is 0 Å². The van der Waals surface area contributed by atoms with Crippen molar-refractivity contribution in [3.8, 4) is 0 Å². The molecule has 1 fully saturated rings. The van der Waals surface area contributed by atoms with Crippen LogP contribution in [0.3, 0.4) is 0 Å². The molecule has 0 aromatic heterocycles. The van der Waals surface area contributed by atoms with Gasteiger partial charge in [-0.15, -0.1) is 0 Å². The van der Waals surface area contributed by atoms with Crippen LogP contribution in [0, 0.1) is 0 Å². The molecular weight excluding hydrogens is 172 g/mol. The zero-order valence-electron chi connectivity index (χ0n) is 10.0. The molecule has 82 valence electrons. The molecule has 0 aromatic rings. The SMILES string of the molecule is CC.CC=N/C(=C\C)CC1CCCN1. The van der Waals surface area contributed by atoms with Gasteiger partial charge in [0, 0.05) is 24.4 Å². The summed E-state index contributed by atoms with van der Waals surface area (Å²) in [6.07, 6.45) is 7.67. The largest absolute Gasteiger partial charge is 0.314 e. The summed E-state index contributed by atoms with van der Waals surface area (Å²) in [6.45, 7) is 9.19. The molecule has 0 aromatic carbocycles. The van der Waals surface area contributed by atoms with Gasteiger partial charge in [-0.05, 0) is 33.2 Å². The van der Waals surface area contributed by atoms with E-state index in [1.807, 2.05) is 27.0 Å². The summed E-state index contributed by atoms with van der Waals surface area (Å²) in [7, 11) is 0. The first-order valence-corrected chi connectivity index (χ1v) is 5.74. The monoisotopic (exact) mass is 196 g/mol. The lowest BCUT2D eigenvalue weighted by atomic mass is 10.1. The number of allylic oxidation sites excluding steroid dienone is 1. The lowest BCUT2D eigenvalue weighted by Crippen LogP contribution is -2.21. The predicted octanol–water partition coefficient (Wildman–Crippen LogP) is 3.15. The van der Waals surface area contributed by atoms with E-state index in [0.29, 0.717) is 6.04 Å². The van der Waals surface area contributed by atoms with Crippen molar-refractivity contribution in [3.63, 3.8) is 0 Å². The zero-order chi connectivity index (χ0) is 10.8. The van der Waals surface area contributed by atoms with E-state index in [-0.39, 0.29) is 0 Å². The van der Waals surface area contributed by atoms with Crippen LogP contribution in [0.1, 0.15) is 47.0 Å². The highest BCUT2D eigenvalue weighted by atomic mass is 14.9. The third-order valence-corrected chi connectivity index (χ3v) is 2.25. The number of nitrogens with one attached hydrogen (secondary N) is 1. The Morgan fingerprint density at radius 2 is 2.14 bits per heavy atom. The Hall–Kier alpha value is -0.630. The first-order chi connectivity index (χ1) is 6.86. The maximum Gasteiger partial charge on any atom is 0.0372 e. The number of rotatable bonds is 3. The third kappa shape index (κ3) is 5.18. The second-order valence-corrected chi connectivity index (χ2v) is 3.16. The van der Waals surface area contributed by atoms with Crippen molar-refractivity contribution in [1.82, 2.24) is 5.32 Å². The van der Waals surface area contributed by atoms with Crippen LogP contribution in [0.2, 0.25) is 0 Å². The van der Waals surface area contributed by atoms with Crippen LogP contribution in [-0.2, 0) is 0 Å². The van der Waals surface area contributed by atoms with E-state index < -0.39 is 0 Å². The molecule has 2 heteroatoms. The summed E-state index contributed by atoms with van der Waals surface area (Å²) < 4.78 is 0. The topological polar surface area (TPSA) is 24.4 Å². The maximum atomic E-state index is 4.30. The fraction of sp³-hybridized carbons (Fsp3) is 0.750. The van der Waals surface area contributed by atoms with Crippen molar-refractivity contribution in [3.05, 3.63) is 11.8 Å². The first kappa shape index (κ1) is 13.4. The Bertz CT molecular complexity index is 177. The molecule has 0 saturated carbocycles. The summed E-state index contributed by atoms with van der Waals surface area (Å²) in [5, 5.41) is 3.47. The van der Waals surface area contributed by atoms with Gasteiger partial charge in [-0.25, -0.2) is 0 Å². The minimum Gasteiger partial charge on any atom is -0.314 e. The second-order valence-electron chi connectivity index (χ2n) is 3.16. The van der Waals surface area contributed by atoms with Crippen molar-refractivity contribution in [2.45, 2.75) is 53.0 Å². The molecule has 14 heavy (non-hydrogen) atoms.